The molecule has 1 heterocycles. The number of nitrogens with one attached hydrogen (secondary N) is 1. The topological polar surface area (TPSA) is 73.1 Å². The van der Waals surface area contributed by atoms with E-state index in [-0.39, 0.29) is 10.6 Å². The fourth-order valence-electron chi connectivity index (χ4n) is 2.24. The quantitative estimate of drug-likeness (QED) is 0.596. The summed E-state index contributed by atoms with van der Waals surface area (Å²) in [5.74, 6) is 0. The maximum absolute atomic E-state index is 12.4. The van der Waals surface area contributed by atoms with Crippen LogP contribution in [0.5, 0.6) is 0 Å². The lowest BCUT2D eigenvalue weighted by atomic mass is 10.2. The number of anilines is 1. The van der Waals surface area contributed by atoms with Crippen molar-refractivity contribution in [3.05, 3.63) is 71.6 Å². The molecule has 0 aliphatic carbocycles. The van der Waals surface area contributed by atoms with Gasteiger partial charge in [-0.1, -0.05) is 23.8 Å². The summed E-state index contributed by atoms with van der Waals surface area (Å²) in [4.78, 5) is 0.156. The van der Waals surface area contributed by atoms with Gasteiger partial charge < -0.3 is 5.21 Å². The van der Waals surface area contributed by atoms with Crippen molar-refractivity contribution in [1.29, 1.82) is 0 Å². The van der Waals surface area contributed by atoms with Gasteiger partial charge in [-0.25, -0.2) is 8.42 Å². The molecule has 0 bridgehead atoms. The van der Waals surface area contributed by atoms with Crippen LogP contribution >= 0.6 is 0 Å². The van der Waals surface area contributed by atoms with Crippen LogP contribution in [0.3, 0.4) is 0 Å². The Hall–Kier alpha value is -2.60. The van der Waals surface area contributed by atoms with Gasteiger partial charge in [0.25, 0.3) is 10.0 Å². The normalized spacial score (nSPS) is 11.5. The summed E-state index contributed by atoms with van der Waals surface area (Å²) in [6, 6.07) is 14.9. The fraction of sp³-hybridized carbons (Fsp3) is 0.0625. The van der Waals surface area contributed by atoms with Crippen LogP contribution in [-0.2, 0) is 10.0 Å². The van der Waals surface area contributed by atoms with Crippen molar-refractivity contribution >= 4 is 26.6 Å². The minimum absolute atomic E-state index is 0.156. The molecular formula is C16H14N2O3S. The van der Waals surface area contributed by atoms with Crippen molar-refractivity contribution in [2.45, 2.75) is 11.8 Å². The van der Waals surface area contributed by atoms with Gasteiger partial charge in [-0.05, 0) is 37.3 Å². The van der Waals surface area contributed by atoms with Crippen LogP contribution in [-0.4, -0.2) is 8.42 Å². The summed E-state index contributed by atoms with van der Waals surface area (Å²) in [6.45, 7) is 1.88. The summed E-state index contributed by atoms with van der Waals surface area (Å²) >= 11 is 0. The van der Waals surface area contributed by atoms with E-state index >= 15 is 0 Å². The van der Waals surface area contributed by atoms with Crippen LogP contribution in [0.2, 0.25) is 0 Å². The minimum atomic E-state index is -3.74. The van der Waals surface area contributed by atoms with Crippen molar-refractivity contribution in [1.82, 2.24) is 0 Å². The molecule has 0 spiro atoms. The Morgan fingerprint density at radius 3 is 2.41 bits per heavy atom. The van der Waals surface area contributed by atoms with E-state index in [0.29, 0.717) is 15.6 Å². The Morgan fingerprint density at radius 2 is 1.68 bits per heavy atom. The summed E-state index contributed by atoms with van der Waals surface area (Å²) < 4.78 is 28.0. The number of hydrogen-bond acceptors (Lipinski definition) is 3. The van der Waals surface area contributed by atoms with Crippen molar-refractivity contribution < 1.29 is 13.1 Å². The highest BCUT2D eigenvalue weighted by Crippen LogP contribution is 2.23. The molecule has 1 N–H and O–H groups in total. The molecular weight excluding hydrogens is 300 g/mol. The van der Waals surface area contributed by atoms with E-state index in [0.717, 1.165) is 5.56 Å². The molecule has 0 saturated carbocycles. The zero-order valence-electron chi connectivity index (χ0n) is 11.9. The summed E-state index contributed by atoms with van der Waals surface area (Å²) in [5.41, 5.74) is 1.52. The molecule has 0 atom stereocenters. The highest BCUT2D eigenvalue weighted by atomic mass is 32.2. The number of pyridine rings is 1. The van der Waals surface area contributed by atoms with Gasteiger partial charge in [-0.15, -0.1) is 0 Å². The van der Waals surface area contributed by atoms with Crippen LogP contribution in [0, 0.1) is 12.1 Å². The second-order valence-electron chi connectivity index (χ2n) is 5.00. The molecule has 0 radical (unpaired) electrons. The first-order chi connectivity index (χ1) is 10.5. The van der Waals surface area contributed by atoms with Gasteiger partial charge in [0.1, 0.15) is 5.69 Å². The third-order valence-corrected chi connectivity index (χ3v) is 4.74. The average molecular weight is 314 g/mol. The van der Waals surface area contributed by atoms with E-state index in [4.69, 9.17) is 0 Å². The van der Waals surface area contributed by atoms with Crippen LogP contribution in [0.4, 0.5) is 5.69 Å². The number of para-hydroxylation sites is 1. The smallest absolute Gasteiger partial charge is 0.262 e. The molecule has 3 aromatic rings. The number of sulfonamides is 1. The van der Waals surface area contributed by atoms with Crippen molar-refractivity contribution in [3.63, 3.8) is 0 Å². The van der Waals surface area contributed by atoms with Gasteiger partial charge in [0.15, 0.2) is 6.20 Å². The van der Waals surface area contributed by atoms with Gasteiger partial charge in [-0.3, -0.25) is 4.72 Å². The highest BCUT2D eigenvalue weighted by molar-refractivity contribution is 7.92. The first-order valence-electron chi connectivity index (χ1n) is 6.68. The molecule has 22 heavy (non-hydrogen) atoms. The Morgan fingerprint density at radius 1 is 1.00 bits per heavy atom. The monoisotopic (exact) mass is 314 g/mol. The first kappa shape index (κ1) is 14.3. The number of rotatable bonds is 3. The molecule has 6 heteroatoms. The zero-order valence-corrected chi connectivity index (χ0v) is 12.7. The van der Waals surface area contributed by atoms with E-state index in [1.54, 1.807) is 42.5 Å². The van der Waals surface area contributed by atoms with Crippen LogP contribution < -0.4 is 9.45 Å². The van der Waals surface area contributed by atoms with E-state index < -0.39 is 10.0 Å². The predicted octanol–water partition coefficient (Wildman–Crippen LogP) is 2.58. The molecule has 0 fully saturated rings. The number of aromatic nitrogens is 1. The fourth-order valence-corrected chi connectivity index (χ4v) is 3.31. The molecule has 0 saturated heterocycles. The lowest BCUT2D eigenvalue weighted by Gasteiger charge is -2.10. The maximum Gasteiger partial charge on any atom is 0.262 e. The Balaban J connectivity index is 2.08. The van der Waals surface area contributed by atoms with Crippen molar-refractivity contribution in [2.24, 2.45) is 0 Å². The van der Waals surface area contributed by atoms with E-state index in [1.807, 2.05) is 6.92 Å². The third-order valence-electron chi connectivity index (χ3n) is 3.36. The molecule has 3 rings (SSSR count). The van der Waals surface area contributed by atoms with Gasteiger partial charge in [-0.2, -0.15) is 4.73 Å². The molecule has 1 aromatic heterocycles. The second-order valence-corrected chi connectivity index (χ2v) is 6.68. The molecule has 2 aromatic carbocycles. The van der Waals surface area contributed by atoms with Crippen LogP contribution in [0.25, 0.3) is 10.9 Å². The average Bonchev–Trinajstić information content (AvgIpc) is 2.47. The molecule has 0 unspecified atom stereocenters. The number of aryl methyl sites for hydroxylation is 1. The first-order valence-corrected chi connectivity index (χ1v) is 8.16. The Kier molecular flexibility index (Phi) is 3.46. The second kappa shape index (κ2) is 5.31. The van der Waals surface area contributed by atoms with E-state index in [1.165, 1.54) is 18.3 Å². The predicted molar refractivity (Wildman–Crippen MR) is 84.9 cm³/mol. The minimum Gasteiger partial charge on any atom is -0.618 e. The van der Waals surface area contributed by atoms with Crippen molar-refractivity contribution in [3.8, 4) is 0 Å². The standard InChI is InChI=1S/C16H14N2O3S/c1-12-7-9-14(10-8-12)22(20,21)17-15-6-2-4-13-5-3-11-18(19)16(13)15/h2-11,17H,1H3. The SMILES string of the molecule is Cc1ccc(S(=O)(=O)Nc2cccc3ccc[n+]([O-])c23)cc1. The number of hydrogen-bond donors (Lipinski definition) is 1. The summed E-state index contributed by atoms with van der Waals surface area (Å²) in [6.07, 6.45) is 1.34. The lowest BCUT2D eigenvalue weighted by Crippen LogP contribution is -2.27. The van der Waals surface area contributed by atoms with Gasteiger partial charge in [0, 0.05) is 11.5 Å². The lowest BCUT2D eigenvalue weighted by molar-refractivity contribution is -0.576. The number of nitrogens with zero attached hydrogens (tertiary/aromatic N) is 1. The Labute approximate surface area is 128 Å². The van der Waals surface area contributed by atoms with Crippen LogP contribution in [0.15, 0.2) is 65.7 Å². The molecule has 5 nitrogen and oxygen atoms in total. The Bertz CT molecular complexity index is 930. The van der Waals surface area contributed by atoms with E-state index in [2.05, 4.69) is 4.72 Å². The molecule has 0 aliphatic heterocycles. The number of benzene rings is 2. The summed E-state index contributed by atoms with van der Waals surface area (Å²) in [5, 5.41) is 12.6. The molecule has 0 aliphatic rings. The van der Waals surface area contributed by atoms with Gasteiger partial charge in [0.05, 0.1) is 4.90 Å². The molecule has 112 valence electrons. The largest absolute Gasteiger partial charge is 0.618 e. The van der Waals surface area contributed by atoms with Crippen LogP contribution in [0.1, 0.15) is 5.56 Å². The van der Waals surface area contributed by atoms with Gasteiger partial charge in [0.2, 0.25) is 5.52 Å². The molecule has 0 amide bonds. The number of fused-ring (bicyclic) bond motifs is 1. The van der Waals surface area contributed by atoms with Gasteiger partial charge >= 0.3 is 0 Å². The highest BCUT2D eigenvalue weighted by Gasteiger charge is 2.18. The van der Waals surface area contributed by atoms with Crippen molar-refractivity contribution in [2.75, 3.05) is 4.72 Å². The zero-order chi connectivity index (χ0) is 15.7. The third kappa shape index (κ3) is 2.60. The van der Waals surface area contributed by atoms with E-state index in [9.17, 15) is 13.6 Å². The summed E-state index contributed by atoms with van der Waals surface area (Å²) in [7, 11) is -3.74. The maximum atomic E-state index is 12.4.